The van der Waals surface area contributed by atoms with Gasteiger partial charge in [0.1, 0.15) is 5.82 Å². The van der Waals surface area contributed by atoms with Crippen LogP contribution in [0.4, 0.5) is 10.5 Å². The first kappa shape index (κ1) is 16.2. The molecule has 1 aromatic carbocycles. The number of nitrogens with one attached hydrogen (secondary N) is 1. The molecule has 0 aliphatic carbocycles. The molecule has 2 aromatic rings. The van der Waals surface area contributed by atoms with Gasteiger partial charge in [0.15, 0.2) is 0 Å². The first-order valence-corrected chi connectivity index (χ1v) is 8.16. The second-order valence-electron chi connectivity index (χ2n) is 6.24. The number of aromatic nitrogens is 2. The van der Waals surface area contributed by atoms with Crippen LogP contribution >= 0.6 is 0 Å². The molecule has 126 valence electrons. The first-order valence-electron chi connectivity index (χ1n) is 8.16. The van der Waals surface area contributed by atoms with Gasteiger partial charge in [0.25, 0.3) is 0 Å². The maximum atomic E-state index is 12.7. The van der Waals surface area contributed by atoms with Crippen LogP contribution in [-0.2, 0) is 13.1 Å². The summed E-state index contributed by atoms with van der Waals surface area (Å²) in [6.45, 7) is 5.74. The summed E-state index contributed by atoms with van der Waals surface area (Å²) in [7, 11) is 2.07. The van der Waals surface area contributed by atoms with Gasteiger partial charge in [-0.1, -0.05) is 18.2 Å². The van der Waals surface area contributed by atoms with E-state index in [1.54, 1.807) is 6.20 Å². The molecule has 0 fully saturated rings. The van der Waals surface area contributed by atoms with Crippen molar-refractivity contribution < 1.29 is 4.79 Å². The van der Waals surface area contributed by atoms with Gasteiger partial charge < -0.3 is 15.1 Å². The van der Waals surface area contributed by atoms with Gasteiger partial charge in [0.2, 0.25) is 0 Å². The van der Waals surface area contributed by atoms with E-state index < -0.39 is 0 Å². The molecule has 1 aliphatic heterocycles. The van der Waals surface area contributed by atoms with Gasteiger partial charge in [-0.05, 0) is 31.5 Å². The summed E-state index contributed by atoms with van der Waals surface area (Å²) in [5.41, 5.74) is 3.17. The highest BCUT2D eigenvalue weighted by Gasteiger charge is 2.26. The Morgan fingerprint density at radius 2 is 2.12 bits per heavy atom. The van der Waals surface area contributed by atoms with E-state index in [1.807, 2.05) is 30.0 Å². The third kappa shape index (κ3) is 3.48. The maximum Gasteiger partial charge on any atom is 0.318 e. The summed E-state index contributed by atoms with van der Waals surface area (Å²) in [6.07, 6.45) is 1.71. The van der Waals surface area contributed by atoms with Crippen molar-refractivity contribution in [3.05, 3.63) is 53.6 Å². The molecule has 6 heteroatoms. The number of hydrogen-bond donors (Lipinski definition) is 1. The topological polar surface area (TPSA) is 61.4 Å². The zero-order chi connectivity index (χ0) is 17.1. The molecular weight excluding hydrogens is 302 g/mol. The molecule has 1 unspecified atom stereocenters. The molecule has 2 amide bonds. The zero-order valence-corrected chi connectivity index (χ0v) is 14.4. The predicted molar refractivity (Wildman–Crippen MR) is 93.7 cm³/mol. The van der Waals surface area contributed by atoms with Gasteiger partial charge in [-0.3, -0.25) is 0 Å². The van der Waals surface area contributed by atoms with Crippen molar-refractivity contribution in [3.8, 4) is 0 Å². The fourth-order valence-electron chi connectivity index (χ4n) is 3.09. The van der Waals surface area contributed by atoms with Crippen LogP contribution in [0.2, 0.25) is 0 Å². The number of urea groups is 1. The number of hydrogen-bond acceptors (Lipinski definition) is 4. The highest BCUT2D eigenvalue weighted by atomic mass is 16.2. The Bertz CT molecular complexity index is 733. The second-order valence-corrected chi connectivity index (χ2v) is 6.24. The van der Waals surface area contributed by atoms with Crippen LogP contribution in [0.3, 0.4) is 0 Å². The summed E-state index contributed by atoms with van der Waals surface area (Å²) in [5, 5.41) is 2.98. The molecule has 0 spiro atoms. The smallest absolute Gasteiger partial charge is 0.318 e. The number of anilines is 1. The standard InChI is InChI=1S/C18H23N5O/c1-13-11-22(3)17-7-5-4-6-15(17)12-23(13)18(24)20-10-16-8-9-19-14(2)21-16/h4-9,13H,10-12H2,1-3H3,(H,20,24). The van der Waals surface area contributed by atoms with Crippen LogP contribution in [-0.4, -0.2) is 40.5 Å². The van der Waals surface area contributed by atoms with E-state index >= 15 is 0 Å². The summed E-state index contributed by atoms with van der Waals surface area (Å²) < 4.78 is 0. The van der Waals surface area contributed by atoms with E-state index in [0.717, 1.165) is 17.8 Å². The number of aryl methyl sites for hydroxylation is 1. The fraction of sp³-hybridized carbons (Fsp3) is 0.389. The van der Waals surface area contributed by atoms with Crippen molar-refractivity contribution in [2.45, 2.75) is 33.0 Å². The monoisotopic (exact) mass is 325 g/mol. The summed E-state index contributed by atoms with van der Waals surface area (Å²) >= 11 is 0. The van der Waals surface area contributed by atoms with E-state index in [9.17, 15) is 4.79 Å². The number of likely N-dealkylation sites (N-methyl/N-ethyl adjacent to an activating group) is 1. The maximum absolute atomic E-state index is 12.7. The minimum absolute atomic E-state index is 0.0659. The van der Waals surface area contributed by atoms with Gasteiger partial charge in [0, 0.05) is 38.1 Å². The lowest BCUT2D eigenvalue weighted by atomic mass is 10.1. The van der Waals surface area contributed by atoms with Crippen molar-refractivity contribution in [1.29, 1.82) is 0 Å². The molecule has 1 N–H and O–H groups in total. The summed E-state index contributed by atoms with van der Waals surface area (Å²) in [6, 6.07) is 10.1. The third-order valence-electron chi connectivity index (χ3n) is 4.33. The number of rotatable bonds is 2. The van der Waals surface area contributed by atoms with Crippen molar-refractivity contribution >= 4 is 11.7 Å². The molecule has 0 saturated heterocycles. The average Bonchev–Trinajstić information content (AvgIpc) is 2.69. The van der Waals surface area contributed by atoms with E-state index in [0.29, 0.717) is 18.9 Å². The van der Waals surface area contributed by atoms with Gasteiger partial charge >= 0.3 is 6.03 Å². The van der Waals surface area contributed by atoms with E-state index in [1.165, 1.54) is 5.69 Å². The number of nitrogens with zero attached hydrogens (tertiary/aromatic N) is 4. The molecule has 2 heterocycles. The highest BCUT2D eigenvalue weighted by Crippen LogP contribution is 2.25. The van der Waals surface area contributed by atoms with Crippen molar-refractivity contribution in [3.63, 3.8) is 0 Å². The Balaban J connectivity index is 1.72. The minimum Gasteiger partial charge on any atom is -0.372 e. The molecule has 24 heavy (non-hydrogen) atoms. The van der Waals surface area contributed by atoms with Crippen molar-refractivity contribution in [2.24, 2.45) is 0 Å². The second kappa shape index (κ2) is 6.86. The van der Waals surface area contributed by atoms with E-state index in [-0.39, 0.29) is 12.1 Å². The lowest BCUT2D eigenvalue weighted by Gasteiger charge is -2.28. The molecule has 1 aliphatic rings. The van der Waals surface area contributed by atoms with Crippen LogP contribution < -0.4 is 10.2 Å². The number of fused-ring (bicyclic) bond motifs is 1. The third-order valence-corrected chi connectivity index (χ3v) is 4.33. The predicted octanol–water partition coefficient (Wildman–Crippen LogP) is 2.34. The Morgan fingerprint density at radius 3 is 2.92 bits per heavy atom. The summed E-state index contributed by atoms with van der Waals surface area (Å²) in [4.78, 5) is 25.2. The zero-order valence-electron chi connectivity index (χ0n) is 14.4. The Morgan fingerprint density at radius 1 is 1.33 bits per heavy atom. The fourth-order valence-corrected chi connectivity index (χ4v) is 3.09. The SMILES string of the molecule is Cc1nccc(CNC(=O)N2Cc3ccccc3N(C)CC2C)n1. The molecule has 0 bridgehead atoms. The van der Waals surface area contributed by atoms with Crippen molar-refractivity contribution in [2.75, 3.05) is 18.5 Å². The normalized spacial score (nSPS) is 17.2. The Hall–Kier alpha value is -2.63. The van der Waals surface area contributed by atoms with Crippen LogP contribution in [0, 0.1) is 6.92 Å². The molecule has 0 saturated carbocycles. The van der Waals surface area contributed by atoms with Crippen LogP contribution in [0.5, 0.6) is 0 Å². The molecule has 1 aromatic heterocycles. The van der Waals surface area contributed by atoms with E-state index in [2.05, 4.69) is 46.3 Å². The largest absolute Gasteiger partial charge is 0.372 e. The van der Waals surface area contributed by atoms with Crippen LogP contribution in [0.15, 0.2) is 36.5 Å². The number of amides is 2. The van der Waals surface area contributed by atoms with Gasteiger partial charge in [-0.2, -0.15) is 0 Å². The highest BCUT2D eigenvalue weighted by molar-refractivity contribution is 5.75. The van der Waals surface area contributed by atoms with Gasteiger partial charge in [-0.25, -0.2) is 14.8 Å². The number of carbonyl (C=O) groups excluding carboxylic acids is 1. The number of benzene rings is 1. The quantitative estimate of drug-likeness (QED) is 0.920. The summed E-state index contributed by atoms with van der Waals surface area (Å²) in [5.74, 6) is 0.709. The lowest BCUT2D eigenvalue weighted by Crippen LogP contribution is -2.46. The van der Waals surface area contributed by atoms with Crippen LogP contribution in [0.1, 0.15) is 24.0 Å². The van der Waals surface area contributed by atoms with Crippen molar-refractivity contribution in [1.82, 2.24) is 20.2 Å². The van der Waals surface area contributed by atoms with Gasteiger partial charge in [-0.15, -0.1) is 0 Å². The Labute approximate surface area is 142 Å². The molecule has 1 atom stereocenters. The molecule has 6 nitrogen and oxygen atoms in total. The van der Waals surface area contributed by atoms with Gasteiger partial charge in [0.05, 0.1) is 12.2 Å². The molecular formula is C18H23N5O. The number of para-hydroxylation sites is 1. The van der Waals surface area contributed by atoms with Crippen LogP contribution in [0.25, 0.3) is 0 Å². The number of carbonyl (C=O) groups is 1. The molecule has 0 radical (unpaired) electrons. The lowest BCUT2D eigenvalue weighted by molar-refractivity contribution is 0.178. The first-order chi connectivity index (χ1) is 11.5. The Kier molecular flexibility index (Phi) is 4.64. The van der Waals surface area contributed by atoms with E-state index in [4.69, 9.17) is 0 Å². The minimum atomic E-state index is -0.0659. The molecule has 3 rings (SSSR count). The average molecular weight is 325 g/mol.